The highest BCUT2D eigenvalue weighted by atomic mass is 16.4. The van der Waals surface area contributed by atoms with E-state index in [-0.39, 0.29) is 11.3 Å². The van der Waals surface area contributed by atoms with E-state index in [1.54, 1.807) is 0 Å². The van der Waals surface area contributed by atoms with Crippen molar-refractivity contribution in [3.63, 3.8) is 0 Å². The predicted octanol–water partition coefficient (Wildman–Crippen LogP) is 2.72. The first-order chi connectivity index (χ1) is 8.55. The van der Waals surface area contributed by atoms with Crippen LogP contribution in [0, 0.1) is 5.41 Å². The van der Waals surface area contributed by atoms with Crippen LogP contribution < -0.4 is 5.32 Å². The second-order valence-electron chi connectivity index (χ2n) is 5.35. The number of hydrogen-bond acceptors (Lipinski definition) is 2. The molecule has 104 valence electrons. The molecule has 1 aliphatic carbocycles. The summed E-state index contributed by atoms with van der Waals surface area (Å²) in [6.45, 7) is 4.04. The lowest BCUT2D eigenvalue weighted by Crippen LogP contribution is -2.47. The quantitative estimate of drug-likeness (QED) is 0.735. The van der Waals surface area contributed by atoms with E-state index in [2.05, 4.69) is 5.32 Å². The van der Waals surface area contributed by atoms with Gasteiger partial charge in [0.2, 0.25) is 5.91 Å². The summed E-state index contributed by atoms with van der Waals surface area (Å²) in [5.41, 5.74) is -0.306. The fourth-order valence-corrected chi connectivity index (χ4v) is 2.77. The molecule has 0 saturated heterocycles. The summed E-state index contributed by atoms with van der Waals surface area (Å²) in [5.74, 6) is -0.966. The molecule has 0 spiro atoms. The van der Waals surface area contributed by atoms with E-state index in [4.69, 9.17) is 5.11 Å². The zero-order valence-electron chi connectivity index (χ0n) is 11.5. The highest BCUT2D eigenvalue weighted by Crippen LogP contribution is 2.41. The van der Waals surface area contributed by atoms with Crippen LogP contribution in [0.25, 0.3) is 0 Å². The van der Waals surface area contributed by atoms with Gasteiger partial charge in [-0.1, -0.05) is 39.5 Å². The fourth-order valence-electron chi connectivity index (χ4n) is 2.77. The molecule has 0 radical (unpaired) electrons. The van der Waals surface area contributed by atoms with Gasteiger partial charge in [0.1, 0.15) is 6.04 Å². The molecule has 1 fully saturated rings. The summed E-state index contributed by atoms with van der Waals surface area (Å²) >= 11 is 0. The molecule has 1 unspecified atom stereocenters. The van der Waals surface area contributed by atoms with Crippen molar-refractivity contribution in [2.45, 2.75) is 71.3 Å². The number of carbonyl (C=O) groups is 2. The van der Waals surface area contributed by atoms with Gasteiger partial charge < -0.3 is 10.4 Å². The van der Waals surface area contributed by atoms with Crippen molar-refractivity contribution >= 4 is 11.9 Å². The second-order valence-corrected chi connectivity index (χ2v) is 5.35. The molecule has 1 rings (SSSR count). The van der Waals surface area contributed by atoms with E-state index >= 15 is 0 Å². The number of aliphatic carboxylic acids is 1. The Kier molecular flexibility index (Phi) is 5.63. The monoisotopic (exact) mass is 255 g/mol. The molecule has 2 N–H and O–H groups in total. The van der Waals surface area contributed by atoms with Crippen LogP contribution in [0.4, 0.5) is 0 Å². The minimum atomic E-state index is -0.916. The van der Waals surface area contributed by atoms with Crippen molar-refractivity contribution in [1.82, 2.24) is 5.32 Å². The van der Waals surface area contributed by atoms with Crippen molar-refractivity contribution in [2.75, 3.05) is 0 Å². The Morgan fingerprint density at radius 1 is 1.28 bits per heavy atom. The molecule has 1 aliphatic rings. The summed E-state index contributed by atoms with van der Waals surface area (Å²) in [7, 11) is 0. The van der Waals surface area contributed by atoms with E-state index in [0.29, 0.717) is 6.42 Å². The van der Waals surface area contributed by atoms with E-state index in [1.807, 2.05) is 13.8 Å². The standard InChI is InChI=1S/C14H25NO3/c1-3-5-8-11(12(16)17)15-13(18)14(4-2)9-6-7-10-14/h11H,3-10H2,1-2H3,(H,15,18)(H,16,17). The SMILES string of the molecule is CCCCC(NC(=O)C1(CC)CCCC1)C(=O)O. The maximum absolute atomic E-state index is 12.3. The minimum Gasteiger partial charge on any atom is -0.480 e. The highest BCUT2D eigenvalue weighted by molar-refractivity contribution is 5.87. The number of hydrogen-bond donors (Lipinski definition) is 2. The fraction of sp³-hybridized carbons (Fsp3) is 0.857. The van der Waals surface area contributed by atoms with Crippen LogP contribution in [0.2, 0.25) is 0 Å². The molecule has 0 aliphatic heterocycles. The van der Waals surface area contributed by atoms with Crippen LogP contribution in [0.1, 0.15) is 65.2 Å². The van der Waals surface area contributed by atoms with Gasteiger partial charge >= 0.3 is 5.97 Å². The average Bonchev–Trinajstić information content (AvgIpc) is 2.83. The molecule has 0 aromatic carbocycles. The Balaban J connectivity index is 2.62. The van der Waals surface area contributed by atoms with Gasteiger partial charge in [0.15, 0.2) is 0 Å². The molecular weight excluding hydrogens is 230 g/mol. The number of carboxylic acid groups (broad SMARTS) is 1. The van der Waals surface area contributed by atoms with Gasteiger partial charge in [0.25, 0.3) is 0 Å². The third-order valence-electron chi connectivity index (χ3n) is 4.17. The van der Waals surface area contributed by atoms with E-state index < -0.39 is 12.0 Å². The zero-order valence-corrected chi connectivity index (χ0v) is 11.5. The maximum atomic E-state index is 12.3. The van der Waals surface area contributed by atoms with E-state index in [0.717, 1.165) is 44.9 Å². The van der Waals surface area contributed by atoms with Crippen molar-refractivity contribution < 1.29 is 14.7 Å². The van der Waals surface area contributed by atoms with Gasteiger partial charge in [-0.3, -0.25) is 4.79 Å². The minimum absolute atomic E-state index is 0.0500. The molecule has 18 heavy (non-hydrogen) atoms. The molecule has 4 nitrogen and oxygen atoms in total. The Morgan fingerprint density at radius 2 is 1.89 bits per heavy atom. The summed E-state index contributed by atoms with van der Waals surface area (Å²) in [6, 6.07) is -0.721. The lowest BCUT2D eigenvalue weighted by Gasteiger charge is -2.28. The molecule has 1 saturated carbocycles. The van der Waals surface area contributed by atoms with Gasteiger partial charge in [0, 0.05) is 5.41 Å². The van der Waals surface area contributed by atoms with E-state index in [9.17, 15) is 9.59 Å². The smallest absolute Gasteiger partial charge is 0.326 e. The lowest BCUT2D eigenvalue weighted by atomic mass is 9.82. The Labute approximate surface area is 109 Å². The topological polar surface area (TPSA) is 66.4 Å². The lowest BCUT2D eigenvalue weighted by molar-refractivity contribution is -0.144. The molecule has 0 heterocycles. The van der Waals surface area contributed by atoms with Gasteiger partial charge in [-0.15, -0.1) is 0 Å². The first kappa shape index (κ1) is 15.0. The van der Waals surface area contributed by atoms with Crippen molar-refractivity contribution in [3.8, 4) is 0 Å². The average molecular weight is 255 g/mol. The summed E-state index contributed by atoms with van der Waals surface area (Å²) in [4.78, 5) is 23.4. The number of nitrogens with one attached hydrogen (secondary N) is 1. The van der Waals surface area contributed by atoms with Gasteiger partial charge in [-0.25, -0.2) is 4.79 Å². The Bertz CT molecular complexity index is 295. The van der Waals surface area contributed by atoms with Crippen LogP contribution in [0.15, 0.2) is 0 Å². The number of rotatable bonds is 7. The van der Waals surface area contributed by atoms with Crippen LogP contribution in [-0.2, 0) is 9.59 Å². The highest BCUT2D eigenvalue weighted by Gasteiger charge is 2.40. The third-order valence-corrected chi connectivity index (χ3v) is 4.17. The molecule has 1 atom stereocenters. The van der Waals surface area contributed by atoms with Crippen molar-refractivity contribution in [1.29, 1.82) is 0 Å². The molecular formula is C14H25NO3. The molecule has 4 heteroatoms. The first-order valence-electron chi connectivity index (χ1n) is 7.09. The van der Waals surface area contributed by atoms with Crippen LogP contribution in [0.5, 0.6) is 0 Å². The third kappa shape index (κ3) is 3.47. The van der Waals surface area contributed by atoms with Crippen molar-refractivity contribution in [3.05, 3.63) is 0 Å². The van der Waals surface area contributed by atoms with Gasteiger partial charge in [-0.2, -0.15) is 0 Å². The number of carbonyl (C=O) groups excluding carboxylic acids is 1. The largest absolute Gasteiger partial charge is 0.480 e. The second kappa shape index (κ2) is 6.76. The number of amides is 1. The normalized spacial score (nSPS) is 19.4. The van der Waals surface area contributed by atoms with Crippen molar-refractivity contribution in [2.24, 2.45) is 5.41 Å². The Morgan fingerprint density at radius 3 is 2.33 bits per heavy atom. The van der Waals surface area contributed by atoms with Crippen LogP contribution >= 0.6 is 0 Å². The molecule has 0 aromatic rings. The Hall–Kier alpha value is -1.06. The molecule has 0 aromatic heterocycles. The summed E-state index contributed by atoms with van der Waals surface area (Å²) in [5, 5.41) is 11.9. The van der Waals surface area contributed by atoms with Gasteiger partial charge in [0.05, 0.1) is 0 Å². The summed E-state index contributed by atoms with van der Waals surface area (Å²) in [6.07, 6.45) is 7.05. The number of carboxylic acids is 1. The van der Waals surface area contributed by atoms with Crippen LogP contribution in [0.3, 0.4) is 0 Å². The molecule has 1 amide bonds. The van der Waals surface area contributed by atoms with E-state index in [1.165, 1.54) is 0 Å². The first-order valence-corrected chi connectivity index (χ1v) is 7.09. The molecule has 0 bridgehead atoms. The van der Waals surface area contributed by atoms with Gasteiger partial charge in [-0.05, 0) is 25.7 Å². The summed E-state index contributed by atoms with van der Waals surface area (Å²) < 4.78 is 0. The maximum Gasteiger partial charge on any atom is 0.326 e. The predicted molar refractivity (Wildman–Crippen MR) is 70.3 cm³/mol. The number of unbranched alkanes of at least 4 members (excludes halogenated alkanes) is 1. The zero-order chi connectivity index (χ0) is 13.6. The van der Waals surface area contributed by atoms with Crippen LogP contribution in [-0.4, -0.2) is 23.0 Å².